The number of hydrogen-bond donors (Lipinski definition) is 2. The second kappa shape index (κ2) is 9.06. The van der Waals surface area contributed by atoms with Crippen LogP contribution in [-0.4, -0.2) is 55.1 Å². The van der Waals surface area contributed by atoms with Gasteiger partial charge in [0.15, 0.2) is 5.78 Å². The molecule has 0 aliphatic rings. The van der Waals surface area contributed by atoms with E-state index in [2.05, 4.69) is 10.5 Å². The Labute approximate surface area is 124 Å². The third-order valence-electron chi connectivity index (χ3n) is 2.89. The number of likely N-dealkylation sites (N-methyl/N-ethyl adjacent to an activating group) is 1. The van der Waals surface area contributed by atoms with Gasteiger partial charge in [-0.3, -0.25) is 14.5 Å². The van der Waals surface area contributed by atoms with Crippen LogP contribution in [0.1, 0.15) is 27.2 Å². The van der Waals surface area contributed by atoms with E-state index in [1.807, 2.05) is 6.92 Å². The molecule has 0 aromatic heterocycles. The van der Waals surface area contributed by atoms with E-state index in [4.69, 9.17) is 10.5 Å². The molecule has 0 aliphatic heterocycles. The first-order chi connectivity index (χ1) is 9.66. The normalized spacial score (nSPS) is 15.5. The lowest BCUT2D eigenvalue weighted by Gasteiger charge is -2.33. The zero-order valence-corrected chi connectivity index (χ0v) is 13.1. The number of primary amides is 1. The lowest BCUT2D eigenvalue weighted by molar-refractivity contribution is -0.154. The SMILES string of the molecule is CC(=O)OC([C@H](C)CC=NNC(N)=O)[C@@H](C(C)=O)N(C)C. The first-order valence-corrected chi connectivity index (χ1v) is 6.57. The highest BCUT2D eigenvalue weighted by atomic mass is 16.5. The van der Waals surface area contributed by atoms with E-state index in [-0.39, 0.29) is 11.7 Å². The third-order valence-corrected chi connectivity index (χ3v) is 2.89. The minimum Gasteiger partial charge on any atom is -0.460 e. The van der Waals surface area contributed by atoms with E-state index < -0.39 is 24.1 Å². The standard InChI is InChI=1S/C13H24N4O4/c1-8(6-7-15-16-13(14)20)12(21-10(3)19)11(9(2)18)17(4)5/h7-8,11-12H,6H2,1-5H3,(H3,14,16,20)/t8-,11-,12?/m1/s1. The Morgan fingerprint density at radius 2 is 1.90 bits per heavy atom. The molecule has 0 rings (SSSR count). The molecule has 0 fully saturated rings. The van der Waals surface area contributed by atoms with Gasteiger partial charge < -0.3 is 10.5 Å². The number of rotatable bonds is 8. The highest BCUT2D eigenvalue weighted by molar-refractivity contribution is 5.82. The van der Waals surface area contributed by atoms with Crippen LogP contribution in [0.2, 0.25) is 0 Å². The quantitative estimate of drug-likeness (QED) is 0.375. The molecule has 0 aromatic carbocycles. The molecule has 0 saturated carbocycles. The molecule has 0 radical (unpaired) electrons. The van der Waals surface area contributed by atoms with Crippen LogP contribution >= 0.6 is 0 Å². The number of carbonyl (C=O) groups excluding carboxylic acids is 3. The Hall–Kier alpha value is -1.96. The van der Waals surface area contributed by atoms with Crippen LogP contribution < -0.4 is 11.2 Å². The number of esters is 1. The van der Waals surface area contributed by atoms with Crippen LogP contribution in [-0.2, 0) is 14.3 Å². The number of amides is 2. The predicted octanol–water partition coefficient (Wildman–Crippen LogP) is 0.118. The summed E-state index contributed by atoms with van der Waals surface area (Å²) in [6, 6.07) is -1.30. The van der Waals surface area contributed by atoms with Crippen LogP contribution in [0.25, 0.3) is 0 Å². The van der Waals surface area contributed by atoms with Crippen molar-refractivity contribution in [1.29, 1.82) is 0 Å². The molecule has 1 unspecified atom stereocenters. The molecule has 2 amide bonds. The molecule has 3 atom stereocenters. The van der Waals surface area contributed by atoms with Gasteiger partial charge in [0.05, 0.1) is 0 Å². The number of nitrogens with two attached hydrogens (primary N) is 1. The molecule has 120 valence electrons. The van der Waals surface area contributed by atoms with E-state index in [0.717, 1.165) is 0 Å². The van der Waals surface area contributed by atoms with Crippen LogP contribution in [0.5, 0.6) is 0 Å². The van der Waals surface area contributed by atoms with Crippen LogP contribution in [0.3, 0.4) is 0 Å². The number of nitrogens with one attached hydrogen (secondary N) is 1. The zero-order valence-electron chi connectivity index (χ0n) is 13.1. The second-order valence-electron chi connectivity index (χ2n) is 5.09. The molecule has 0 spiro atoms. The molecule has 3 N–H and O–H groups in total. The number of hydrogen-bond acceptors (Lipinski definition) is 6. The maximum atomic E-state index is 11.8. The minimum atomic E-state index is -0.759. The average molecular weight is 300 g/mol. The summed E-state index contributed by atoms with van der Waals surface area (Å²) >= 11 is 0. The van der Waals surface area contributed by atoms with Gasteiger partial charge >= 0.3 is 12.0 Å². The Morgan fingerprint density at radius 1 is 1.33 bits per heavy atom. The van der Waals surface area contributed by atoms with Gasteiger partial charge in [0.1, 0.15) is 12.1 Å². The zero-order chi connectivity index (χ0) is 16.6. The fourth-order valence-electron chi connectivity index (χ4n) is 2.03. The summed E-state index contributed by atoms with van der Waals surface area (Å²) in [4.78, 5) is 35.3. The molecule has 8 nitrogen and oxygen atoms in total. The molecule has 21 heavy (non-hydrogen) atoms. The van der Waals surface area contributed by atoms with E-state index in [0.29, 0.717) is 6.42 Å². The molecule has 0 aromatic rings. The minimum absolute atomic E-state index is 0.0923. The van der Waals surface area contributed by atoms with E-state index in [1.54, 1.807) is 19.0 Å². The fraction of sp³-hybridized carbons (Fsp3) is 0.692. The molecule has 8 heteroatoms. The van der Waals surface area contributed by atoms with Crippen molar-refractivity contribution in [1.82, 2.24) is 10.3 Å². The third kappa shape index (κ3) is 7.40. The lowest BCUT2D eigenvalue weighted by atomic mass is 9.92. The fourth-order valence-corrected chi connectivity index (χ4v) is 2.03. The Bertz CT molecular complexity index is 409. The highest BCUT2D eigenvalue weighted by Gasteiger charge is 2.34. The maximum Gasteiger partial charge on any atom is 0.332 e. The van der Waals surface area contributed by atoms with E-state index >= 15 is 0 Å². The van der Waals surface area contributed by atoms with Crippen molar-refractivity contribution in [2.24, 2.45) is 16.8 Å². The number of carbonyl (C=O) groups is 3. The summed E-state index contributed by atoms with van der Waals surface area (Å²) < 4.78 is 5.30. The first-order valence-electron chi connectivity index (χ1n) is 6.57. The summed E-state index contributed by atoms with van der Waals surface area (Å²) in [5, 5.41) is 3.63. The van der Waals surface area contributed by atoms with Gasteiger partial charge in [-0.15, -0.1) is 0 Å². The molecule has 0 saturated heterocycles. The maximum absolute atomic E-state index is 11.8. The van der Waals surface area contributed by atoms with Gasteiger partial charge in [0, 0.05) is 19.1 Å². The summed E-state index contributed by atoms with van der Waals surface area (Å²) in [6.07, 6.45) is 1.27. The van der Waals surface area contributed by atoms with Crippen molar-refractivity contribution >= 4 is 24.0 Å². The van der Waals surface area contributed by atoms with Crippen molar-refractivity contribution in [3.8, 4) is 0 Å². The number of hydrazone groups is 1. The monoisotopic (exact) mass is 300 g/mol. The summed E-state index contributed by atoms with van der Waals surface area (Å²) in [5.74, 6) is -0.707. The van der Waals surface area contributed by atoms with Gasteiger partial charge in [0.25, 0.3) is 0 Å². The van der Waals surface area contributed by atoms with Gasteiger partial charge in [-0.25, -0.2) is 10.2 Å². The Morgan fingerprint density at radius 3 is 2.29 bits per heavy atom. The number of Topliss-reactive ketones (excluding diaryl/α,β-unsaturated/α-hetero) is 1. The van der Waals surface area contributed by atoms with E-state index in [1.165, 1.54) is 20.1 Å². The summed E-state index contributed by atoms with van der Waals surface area (Å²) in [6.45, 7) is 4.59. The second-order valence-corrected chi connectivity index (χ2v) is 5.09. The molecule has 0 heterocycles. The topological polar surface area (TPSA) is 114 Å². The summed E-state index contributed by atoms with van der Waals surface area (Å²) in [5.41, 5.74) is 6.96. The molecule has 0 aliphatic carbocycles. The summed E-state index contributed by atoms with van der Waals surface area (Å²) in [7, 11) is 3.50. The van der Waals surface area contributed by atoms with Gasteiger partial charge in [-0.2, -0.15) is 5.10 Å². The van der Waals surface area contributed by atoms with Crippen LogP contribution in [0.4, 0.5) is 4.79 Å². The predicted molar refractivity (Wildman–Crippen MR) is 78.7 cm³/mol. The lowest BCUT2D eigenvalue weighted by Crippen LogP contribution is -2.49. The van der Waals surface area contributed by atoms with Crippen LogP contribution in [0, 0.1) is 5.92 Å². The van der Waals surface area contributed by atoms with Crippen molar-refractivity contribution in [3.05, 3.63) is 0 Å². The van der Waals surface area contributed by atoms with Crippen molar-refractivity contribution in [2.45, 2.75) is 39.3 Å². The van der Waals surface area contributed by atoms with Crippen molar-refractivity contribution in [3.63, 3.8) is 0 Å². The average Bonchev–Trinajstić information content (AvgIpc) is 2.31. The smallest absolute Gasteiger partial charge is 0.332 e. The number of ketones is 1. The van der Waals surface area contributed by atoms with E-state index in [9.17, 15) is 14.4 Å². The molecule has 0 bridgehead atoms. The van der Waals surface area contributed by atoms with Crippen LogP contribution in [0.15, 0.2) is 5.10 Å². The first kappa shape index (κ1) is 19.0. The van der Waals surface area contributed by atoms with Crippen molar-refractivity contribution < 1.29 is 19.1 Å². The molecular formula is C13H24N4O4. The van der Waals surface area contributed by atoms with Crippen molar-refractivity contribution in [2.75, 3.05) is 14.1 Å². The highest BCUT2D eigenvalue weighted by Crippen LogP contribution is 2.19. The van der Waals surface area contributed by atoms with Gasteiger partial charge in [-0.1, -0.05) is 6.92 Å². The number of ether oxygens (including phenoxy) is 1. The van der Waals surface area contributed by atoms with Gasteiger partial charge in [0.2, 0.25) is 0 Å². The Balaban J connectivity index is 4.95. The largest absolute Gasteiger partial charge is 0.460 e. The number of nitrogens with zero attached hydrogens (tertiary/aromatic N) is 2. The van der Waals surface area contributed by atoms with Gasteiger partial charge in [-0.05, 0) is 27.4 Å². The Kier molecular flexibility index (Phi) is 8.22. The number of urea groups is 1. The molecular weight excluding hydrogens is 276 g/mol.